The van der Waals surface area contributed by atoms with Crippen molar-refractivity contribution in [2.45, 2.75) is 31.6 Å². The third kappa shape index (κ3) is 4.64. The van der Waals surface area contributed by atoms with Crippen molar-refractivity contribution in [3.8, 4) is 0 Å². The van der Waals surface area contributed by atoms with Crippen LogP contribution in [0.1, 0.15) is 26.2 Å². The molecule has 2 heterocycles. The molecule has 1 aliphatic heterocycles. The molecule has 7 heteroatoms. The van der Waals surface area contributed by atoms with E-state index in [1.807, 2.05) is 11.8 Å². The lowest BCUT2D eigenvalue weighted by Crippen LogP contribution is -2.27. The average molecular weight is 300 g/mol. The Hall–Kier alpha value is -0.790. The molecule has 0 spiro atoms. The highest BCUT2D eigenvalue weighted by Gasteiger charge is 2.25. The Balaban J connectivity index is 1.85. The second kappa shape index (κ2) is 7.28. The number of nitrogens with zero attached hydrogens (tertiary/aromatic N) is 3. The minimum Gasteiger partial charge on any atom is -0.407 e. The molecule has 1 aromatic heterocycles. The van der Waals surface area contributed by atoms with Crippen LogP contribution in [-0.2, 0) is 11.3 Å². The number of nitrogens with one attached hydrogen (secondary N) is 1. The molecular formula is C13H24N4O2S. The molecule has 1 aromatic rings. The molecule has 0 radical (unpaired) electrons. The van der Waals surface area contributed by atoms with Gasteiger partial charge in [-0.1, -0.05) is 18.9 Å². The van der Waals surface area contributed by atoms with E-state index in [4.69, 9.17) is 9.15 Å². The van der Waals surface area contributed by atoms with E-state index in [1.165, 1.54) is 0 Å². The lowest BCUT2D eigenvalue weighted by Gasteiger charge is -2.21. The van der Waals surface area contributed by atoms with E-state index in [0.717, 1.165) is 31.8 Å². The molecule has 1 aliphatic rings. The van der Waals surface area contributed by atoms with Crippen LogP contribution in [0, 0.1) is 0 Å². The summed E-state index contributed by atoms with van der Waals surface area (Å²) >= 11 is 2.01. The van der Waals surface area contributed by atoms with Crippen LogP contribution < -0.4 is 10.2 Å². The van der Waals surface area contributed by atoms with Crippen LogP contribution in [0.4, 0.5) is 6.01 Å². The topological polar surface area (TPSA) is 63.4 Å². The van der Waals surface area contributed by atoms with Gasteiger partial charge in [-0.25, -0.2) is 0 Å². The standard InChI is InChI=1S/C13H24N4O2S/c1-13(2)4-6-17(7-9-20-13)12-16-15-11(19-12)10-14-5-8-18-3/h14H,4-10H2,1-3H3. The van der Waals surface area contributed by atoms with E-state index in [2.05, 4.69) is 34.3 Å². The van der Waals surface area contributed by atoms with Gasteiger partial charge in [0.25, 0.3) is 0 Å². The second-order valence-corrected chi connectivity index (χ2v) is 7.30. The fraction of sp³-hybridized carbons (Fsp3) is 0.846. The molecular weight excluding hydrogens is 276 g/mol. The number of aromatic nitrogens is 2. The summed E-state index contributed by atoms with van der Waals surface area (Å²) in [6.07, 6.45) is 1.13. The van der Waals surface area contributed by atoms with Crippen molar-refractivity contribution in [2.75, 3.05) is 44.0 Å². The second-order valence-electron chi connectivity index (χ2n) is 5.49. The van der Waals surface area contributed by atoms with Crippen LogP contribution in [0.3, 0.4) is 0 Å². The number of methoxy groups -OCH3 is 1. The molecule has 0 aromatic carbocycles. The van der Waals surface area contributed by atoms with Crippen LogP contribution in [0.15, 0.2) is 4.42 Å². The molecule has 0 saturated carbocycles. The van der Waals surface area contributed by atoms with Gasteiger partial charge in [-0.2, -0.15) is 11.8 Å². The zero-order chi connectivity index (χ0) is 14.4. The first-order valence-electron chi connectivity index (χ1n) is 7.02. The Bertz CT molecular complexity index is 411. The van der Waals surface area contributed by atoms with E-state index in [-0.39, 0.29) is 0 Å². The molecule has 6 nitrogen and oxygen atoms in total. The fourth-order valence-corrected chi connectivity index (χ4v) is 3.13. The maximum atomic E-state index is 5.72. The number of thioether (sulfide) groups is 1. The summed E-state index contributed by atoms with van der Waals surface area (Å²) in [4.78, 5) is 2.19. The molecule has 1 N–H and O–H groups in total. The van der Waals surface area contributed by atoms with Gasteiger partial charge in [-0.15, -0.1) is 5.10 Å². The highest BCUT2D eigenvalue weighted by molar-refractivity contribution is 8.00. The fourth-order valence-electron chi connectivity index (χ4n) is 2.03. The van der Waals surface area contributed by atoms with Crippen LogP contribution in [0.25, 0.3) is 0 Å². The van der Waals surface area contributed by atoms with E-state index < -0.39 is 0 Å². The number of rotatable bonds is 6. The third-order valence-corrected chi connectivity index (χ3v) is 4.70. The summed E-state index contributed by atoms with van der Waals surface area (Å²) in [7, 11) is 1.69. The first-order valence-corrected chi connectivity index (χ1v) is 8.00. The maximum Gasteiger partial charge on any atom is 0.318 e. The summed E-state index contributed by atoms with van der Waals surface area (Å²) in [6, 6.07) is 0.645. The van der Waals surface area contributed by atoms with Crippen molar-refractivity contribution < 1.29 is 9.15 Å². The zero-order valence-corrected chi connectivity index (χ0v) is 13.3. The number of ether oxygens (including phenoxy) is 1. The Labute approximate surface area is 124 Å². The number of hydrogen-bond donors (Lipinski definition) is 1. The molecule has 1 fully saturated rings. The first kappa shape index (κ1) is 15.6. The molecule has 114 valence electrons. The zero-order valence-electron chi connectivity index (χ0n) is 12.5. The quantitative estimate of drug-likeness (QED) is 0.799. The van der Waals surface area contributed by atoms with Gasteiger partial charge in [-0.05, 0) is 6.42 Å². The average Bonchev–Trinajstić information content (AvgIpc) is 2.79. The predicted molar refractivity (Wildman–Crippen MR) is 81.2 cm³/mol. The van der Waals surface area contributed by atoms with Gasteiger partial charge in [0, 0.05) is 37.2 Å². The Morgan fingerprint density at radius 3 is 3.05 bits per heavy atom. The van der Waals surface area contributed by atoms with E-state index in [0.29, 0.717) is 29.8 Å². The molecule has 2 rings (SSSR count). The third-order valence-electron chi connectivity index (χ3n) is 3.32. The summed E-state index contributed by atoms with van der Waals surface area (Å²) in [5.41, 5.74) is 0. The Kier molecular flexibility index (Phi) is 5.68. The number of anilines is 1. The molecule has 1 saturated heterocycles. The van der Waals surface area contributed by atoms with Crippen molar-refractivity contribution in [1.29, 1.82) is 0 Å². The van der Waals surface area contributed by atoms with Gasteiger partial charge >= 0.3 is 6.01 Å². The van der Waals surface area contributed by atoms with Crippen molar-refractivity contribution >= 4 is 17.8 Å². The van der Waals surface area contributed by atoms with Gasteiger partial charge < -0.3 is 19.4 Å². The highest BCUT2D eigenvalue weighted by atomic mass is 32.2. The normalized spacial score (nSPS) is 19.1. The van der Waals surface area contributed by atoms with Crippen LogP contribution >= 0.6 is 11.8 Å². The monoisotopic (exact) mass is 300 g/mol. The summed E-state index contributed by atoms with van der Waals surface area (Å²) in [5.74, 6) is 1.73. The molecule has 0 bridgehead atoms. The van der Waals surface area contributed by atoms with Crippen LogP contribution in [0.5, 0.6) is 0 Å². The van der Waals surface area contributed by atoms with Crippen molar-refractivity contribution in [1.82, 2.24) is 15.5 Å². The van der Waals surface area contributed by atoms with Crippen LogP contribution in [-0.4, -0.2) is 54.0 Å². The molecule has 0 amide bonds. The smallest absolute Gasteiger partial charge is 0.318 e. The molecule has 0 aliphatic carbocycles. The summed E-state index contributed by atoms with van der Waals surface area (Å²) in [5, 5.41) is 11.4. The predicted octanol–water partition coefficient (Wildman–Crippen LogP) is 1.53. The van der Waals surface area contributed by atoms with Gasteiger partial charge in [0.05, 0.1) is 13.2 Å². The Morgan fingerprint density at radius 1 is 1.40 bits per heavy atom. The van der Waals surface area contributed by atoms with Gasteiger partial charge in [0.1, 0.15) is 0 Å². The van der Waals surface area contributed by atoms with Crippen molar-refractivity contribution in [3.05, 3.63) is 5.89 Å². The van der Waals surface area contributed by atoms with Crippen LogP contribution in [0.2, 0.25) is 0 Å². The van der Waals surface area contributed by atoms with Crippen molar-refractivity contribution in [3.63, 3.8) is 0 Å². The molecule has 0 atom stereocenters. The highest BCUT2D eigenvalue weighted by Crippen LogP contribution is 2.31. The SMILES string of the molecule is COCCNCc1nnc(N2CCSC(C)(C)CC2)o1. The largest absolute Gasteiger partial charge is 0.407 e. The number of hydrogen-bond acceptors (Lipinski definition) is 7. The van der Waals surface area contributed by atoms with Gasteiger partial charge in [0.2, 0.25) is 5.89 Å². The van der Waals surface area contributed by atoms with E-state index >= 15 is 0 Å². The van der Waals surface area contributed by atoms with Crippen molar-refractivity contribution in [2.24, 2.45) is 0 Å². The minimum atomic E-state index is 0.333. The first-order chi connectivity index (χ1) is 9.61. The van der Waals surface area contributed by atoms with Gasteiger partial charge in [0.15, 0.2) is 0 Å². The van der Waals surface area contributed by atoms with E-state index in [1.54, 1.807) is 7.11 Å². The molecule has 20 heavy (non-hydrogen) atoms. The van der Waals surface area contributed by atoms with Gasteiger partial charge in [-0.3, -0.25) is 0 Å². The van der Waals surface area contributed by atoms with E-state index in [9.17, 15) is 0 Å². The Morgan fingerprint density at radius 2 is 2.25 bits per heavy atom. The lowest BCUT2D eigenvalue weighted by atomic mass is 10.1. The molecule has 0 unspecified atom stereocenters. The summed E-state index contributed by atoms with van der Waals surface area (Å²) < 4.78 is 11.0. The maximum absolute atomic E-state index is 5.72. The summed E-state index contributed by atoms with van der Waals surface area (Å²) in [6.45, 7) is 8.57. The lowest BCUT2D eigenvalue weighted by molar-refractivity contribution is 0.198. The minimum absolute atomic E-state index is 0.333.